The lowest BCUT2D eigenvalue weighted by Gasteiger charge is -2.07. The fourth-order valence-electron chi connectivity index (χ4n) is 1.83. The van der Waals surface area contributed by atoms with E-state index >= 15 is 0 Å². The third kappa shape index (κ3) is 3.48. The minimum atomic E-state index is -0.0752. The van der Waals surface area contributed by atoms with Crippen LogP contribution in [0.3, 0.4) is 0 Å². The molecule has 0 fully saturated rings. The summed E-state index contributed by atoms with van der Waals surface area (Å²) in [6, 6.07) is 7.49. The van der Waals surface area contributed by atoms with Crippen LogP contribution in [-0.2, 0) is 13.2 Å². The van der Waals surface area contributed by atoms with E-state index < -0.39 is 0 Å². The van der Waals surface area contributed by atoms with Crippen molar-refractivity contribution in [2.75, 3.05) is 13.7 Å². The maximum Gasteiger partial charge on any atom is 0.119 e. The van der Waals surface area contributed by atoms with Gasteiger partial charge in [-0.1, -0.05) is 5.21 Å². The van der Waals surface area contributed by atoms with Crippen LogP contribution >= 0.6 is 0 Å². The van der Waals surface area contributed by atoms with E-state index in [2.05, 4.69) is 10.3 Å². The average Bonchev–Trinajstić information content (AvgIpc) is 2.84. The molecule has 20 heavy (non-hydrogen) atoms. The SMILES string of the molecule is COc1ccc(OCCCn2nnc(CO)c2C)cc1. The maximum absolute atomic E-state index is 9.04. The van der Waals surface area contributed by atoms with E-state index in [1.54, 1.807) is 11.8 Å². The first-order valence-corrected chi connectivity index (χ1v) is 6.51. The summed E-state index contributed by atoms with van der Waals surface area (Å²) in [5.74, 6) is 1.63. The zero-order chi connectivity index (χ0) is 14.4. The highest BCUT2D eigenvalue weighted by molar-refractivity contribution is 5.31. The van der Waals surface area contributed by atoms with Crippen LogP contribution in [-0.4, -0.2) is 33.8 Å². The Morgan fingerprint density at radius 2 is 1.90 bits per heavy atom. The fourth-order valence-corrected chi connectivity index (χ4v) is 1.83. The first-order chi connectivity index (χ1) is 9.74. The van der Waals surface area contributed by atoms with Gasteiger partial charge in [0.1, 0.15) is 17.2 Å². The summed E-state index contributed by atoms with van der Waals surface area (Å²) in [5.41, 5.74) is 1.53. The number of aryl methyl sites for hydroxylation is 1. The molecule has 6 heteroatoms. The van der Waals surface area contributed by atoms with Crippen molar-refractivity contribution in [3.8, 4) is 11.5 Å². The highest BCUT2D eigenvalue weighted by Crippen LogP contribution is 2.17. The molecule has 0 saturated heterocycles. The van der Waals surface area contributed by atoms with Crippen LogP contribution < -0.4 is 9.47 Å². The lowest BCUT2D eigenvalue weighted by atomic mass is 10.3. The molecule has 1 aromatic carbocycles. The van der Waals surface area contributed by atoms with Gasteiger partial charge in [0, 0.05) is 13.0 Å². The van der Waals surface area contributed by atoms with Crippen molar-refractivity contribution in [3.63, 3.8) is 0 Å². The van der Waals surface area contributed by atoms with Gasteiger partial charge in [-0.3, -0.25) is 0 Å². The number of aromatic nitrogens is 3. The Morgan fingerprint density at radius 1 is 1.20 bits per heavy atom. The number of benzene rings is 1. The number of rotatable bonds is 7. The molecule has 1 heterocycles. The lowest BCUT2D eigenvalue weighted by molar-refractivity contribution is 0.275. The van der Waals surface area contributed by atoms with Gasteiger partial charge in [0.25, 0.3) is 0 Å². The van der Waals surface area contributed by atoms with Gasteiger partial charge in [-0.2, -0.15) is 0 Å². The number of aliphatic hydroxyl groups is 1. The van der Waals surface area contributed by atoms with E-state index in [4.69, 9.17) is 14.6 Å². The van der Waals surface area contributed by atoms with Gasteiger partial charge in [-0.15, -0.1) is 5.10 Å². The molecule has 1 aromatic heterocycles. The minimum absolute atomic E-state index is 0.0752. The second-order valence-electron chi connectivity index (χ2n) is 4.38. The van der Waals surface area contributed by atoms with E-state index in [9.17, 15) is 0 Å². The molecule has 0 aliphatic heterocycles. The summed E-state index contributed by atoms with van der Waals surface area (Å²) in [6.07, 6.45) is 0.821. The van der Waals surface area contributed by atoms with Crippen LogP contribution in [0.15, 0.2) is 24.3 Å². The van der Waals surface area contributed by atoms with E-state index in [0.717, 1.165) is 30.2 Å². The Balaban J connectivity index is 1.76. The molecule has 108 valence electrons. The Bertz CT molecular complexity index is 537. The van der Waals surface area contributed by atoms with Gasteiger partial charge in [0.2, 0.25) is 0 Å². The van der Waals surface area contributed by atoms with Crippen molar-refractivity contribution in [2.45, 2.75) is 26.5 Å². The molecule has 0 bridgehead atoms. The predicted molar refractivity (Wildman–Crippen MR) is 73.8 cm³/mol. The molecule has 0 aliphatic rings. The third-order valence-corrected chi connectivity index (χ3v) is 3.07. The van der Waals surface area contributed by atoms with Gasteiger partial charge in [0.05, 0.1) is 26.0 Å². The van der Waals surface area contributed by atoms with Crippen LogP contribution in [0, 0.1) is 6.92 Å². The number of hydrogen-bond donors (Lipinski definition) is 1. The first kappa shape index (κ1) is 14.3. The molecular weight excluding hydrogens is 258 g/mol. The van der Waals surface area contributed by atoms with Crippen LogP contribution in [0.2, 0.25) is 0 Å². The molecule has 0 amide bonds. The lowest BCUT2D eigenvalue weighted by Crippen LogP contribution is -2.07. The van der Waals surface area contributed by atoms with E-state index in [-0.39, 0.29) is 6.61 Å². The van der Waals surface area contributed by atoms with Crippen LogP contribution in [0.1, 0.15) is 17.8 Å². The van der Waals surface area contributed by atoms with E-state index in [0.29, 0.717) is 12.3 Å². The molecule has 0 unspecified atom stereocenters. The van der Waals surface area contributed by atoms with Crippen molar-refractivity contribution in [2.24, 2.45) is 0 Å². The molecule has 0 saturated carbocycles. The first-order valence-electron chi connectivity index (χ1n) is 6.51. The molecule has 6 nitrogen and oxygen atoms in total. The summed E-state index contributed by atoms with van der Waals surface area (Å²) in [6.45, 7) is 3.14. The number of hydrogen-bond acceptors (Lipinski definition) is 5. The summed E-state index contributed by atoms with van der Waals surface area (Å²) in [5, 5.41) is 16.9. The average molecular weight is 277 g/mol. The standard InChI is InChI=1S/C14H19N3O3/c1-11-14(10-18)15-16-17(11)8-3-9-20-13-6-4-12(19-2)5-7-13/h4-7,18H,3,8-10H2,1-2H3. The van der Waals surface area contributed by atoms with Crippen LogP contribution in [0.25, 0.3) is 0 Å². The Labute approximate surface area is 117 Å². The summed E-state index contributed by atoms with van der Waals surface area (Å²) < 4.78 is 12.5. The zero-order valence-electron chi connectivity index (χ0n) is 11.7. The highest BCUT2D eigenvalue weighted by Gasteiger charge is 2.06. The summed E-state index contributed by atoms with van der Waals surface area (Å²) in [4.78, 5) is 0. The Hall–Kier alpha value is -2.08. The predicted octanol–water partition coefficient (Wildman–Crippen LogP) is 1.56. The van der Waals surface area contributed by atoms with E-state index in [1.807, 2.05) is 31.2 Å². The second kappa shape index (κ2) is 6.91. The van der Waals surface area contributed by atoms with Crippen LogP contribution in [0.5, 0.6) is 11.5 Å². The zero-order valence-corrected chi connectivity index (χ0v) is 11.7. The van der Waals surface area contributed by atoms with Gasteiger partial charge in [-0.05, 0) is 31.2 Å². The molecule has 0 spiro atoms. The van der Waals surface area contributed by atoms with Gasteiger partial charge < -0.3 is 14.6 Å². The maximum atomic E-state index is 9.04. The molecule has 2 rings (SSSR count). The molecule has 0 atom stereocenters. The van der Waals surface area contributed by atoms with Crippen molar-refractivity contribution >= 4 is 0 Å². The van der Waals surface area contributed by atoms with Crippen molar-refractivity contribution in [3.05, 3.63) is 35.7 Å². The molecule has 0 radical (unpaired) electrons. The highest BCUT2D eigenvalue weighted by atomic mass is 16.5. The topological polar surface area (TPSA) is 69.4 Å². The van der Waals surface area contributed by atoms with Gasteiger partial charge in [-0.25, -0.2) is 4.68 Å². The Morgan fingerprint density at radius 3 is 2.50 bits per heavy atom. The van der Waals surface area contributed by atoms with Crippen molar-refractivity contribution in [1.82, 2.24) is 15.0 Å². The number of nitrogens with zero attached hydrogens (tertiary/aromatic N) is 3. The molecule has 2 aromatic rings. The number of aliphatic hydroxyl groups excluding tert-OH is 1. The molecular formula is C14H19N3O3. The summed E-state index contributed by atoms with van der Waals surface area (Å²) in [7, 11) is 1.64. The fraction of sp³-hybridized carbons (Fsp3) is 0.429. The van der Waals surface area contributed by atoms with Crippen molar-refractivity contribution in [1.29, 1.82) is 0 Å². The smallest absolute Gasteiger partial charge is 0.119 e. The normalized spacial score (nSPS) is 10.6. The molecule has 1 N–H and O–H groups in total. The largest absolute Gasteiger partial charge is 0.497 e. The molecule has 0 aliphatic carbocycles. The van der Waals surface area contributed by atoms with Crippen molar-refractivity contribution < 1.29 is 14.6 Å². The monoisotopic (exact) mass is 277 g/mol. The quantitative estimate of drug-likeness (QED) is 0.778. The van der Waals surface area contributed by atoms with Crippen LogP contribution in [0.4, 0.5) is 0 Å². The Kier molecular flexibility index (Phi) is 4.95. The number of methoxy groups -OCH3 is 1. The third-order valence-electron chi connectivity index (χ3n) is 3.07. The summed E-state index contributed by atoms with van der Waals surface area (Å²) >= 11 is 0. The van der Waals surface area contributed by atoms with Gasteiger partial charge >= 0.3 is 0 Å². The minimum Gasteiger partial charge on any atom is -0.497 e. The second-order valence-corrected chi connectivity index (χ2v) is 4.38. The van der Waals surface area contributed by atoms with Gasteiger partial charge in [0.15, 0.2) is 0 Å². The van der Waals surface area contributed by atoms with E-state index in [1.165, 1.54) is 0 Å². The number of ether oxygens (including phenoxy) is 2.